The first-order chi connectivity index (χ1) is 9.56. The lowest BCUT2D eigenvalue weighted by molar-refractivity contribution is -0.680. The molecule has 1 aromatic carbocycles. The van der Waals surface area contributed by atoms with Crippen molar-refractivity contribution in [3.8, 4) is 23.6 Å². The molecule has 2 rings (SSSR count). The summed E-state index contributed by atoms with van der Waals surface area (Å²) in [6.45, 7) is 1.85. The highest BCUT2D eigenvalue weighted by molar-refractivity contribution is 6.32. The van der Waals surface area contributed by atoms with Gasteiger partial charge in [-0.25, -0.2) is 4.57 Å². The van der Waals surface area contributed by atoms with E-state index in [1.54, 1.807) is 36.2 Å². The third-order valence-electron chi connectivity index (χ3n) is 2.77. The predicted molar refractivity (Wildman–Crippen MR) is 72.9 cm³/mol. The van der Waals surface area contributed by atoms with Gasteiger partial charge in [0.05, 0.1) is 30.8 Å². The molecule has 0 unspecified atom stereocenters. The highest BCUT2D eigenvalue weighted by Crippen LogP contribution is 2.31. The number of hydrogen-bond donors (Lipinski definition) is 0. The minimum atomic E-state index is 0.359. The fourth-order valence-corrected chi connectivity index (χ4v) is 2.02. The molecule has 0 aliphatic rings. The molecule has 0 saturated heterocycles. The van der Waals surface area contributed by atoms with E-state index in [0.29, 0.717) is 28.1 Å². The number of ether oxygens (including phenoxy) is 2. The van der Waals surface area contributed by atoms with Crippen molar-refractivity contribution in [3.05, 3.63) is 40.7 Å². The Morgan fingerprint density at radius 3 is 2.75 bits per heavy atom. The lowest BCUT2D eigenvalue weighted by Crippen LogP contribution is -2.31. The number of rotatable bonds is 3. The number of aryl methyl sites for hydroxylation is 1. The second kappa shape index (κ2) is 5.76. The van der Waals surface area contributed by atoms with Crippen molar-refractivity contribution in [3.63, 3.8) is 0 Å². The average Bonchev–Trinajstić information content (AvgIpc) is 2.44. The van der Waals surface area contributed by atoms with Crippen LogP contribution in [-0.2, 0) is 7.05 Å². The SMILES string of the molecule is COc1c(C)c(Oc2ccc(C#N)cc2Cl)nc[n+]1C. The number of hydrogen-bond acceptors (Lipinski definition) is 4. The molecule has 20 heavy (non-hydrogen) atoms. The highest BCUT2D eigenvalue weighted by Gasteiger charge is 2.19. The van der Waals surface area contributed by atoms with Crippen LogP contribution >= 0.6 is 11.6 Å². The third-order valence-corrected chi connectivity index (χ3v) is 3.07. The Kier molecular flexibility index (Phi) is 4.06. The van der Waals surface area contributed by atoms with Crippen molar-refractivity contribution in [1.29, 1.82) is 5.26 Å². The van der Waals surface area contributed by atoms with Gasteiger partial charge in [-0.3, -0.25) is 0 Å². The summed E-state index contributed by atoms with van der Waals surface area (Å²) in [5.41, 5.74) is 1.24. The molecule has 0 N–H and O–H groups in total. The highest BCUT2D eigenvalue weighted by atomic mass is 35.5. The van der Waals surface area contributed by atoms with Gasteiger partial charge in [0.25, 0.3) is 12.2 Å². The van der Waals surface area contributed by atoms with Gasteiger partial charge in [0.15, 0.2) is 0 Å². The zero-order valence-electron chi connectivity index (χ0n) is 11.3. The van der Waals surface area contributed by atoms with Gasteiger partial charge in [-0.2, -0.15) is 5.26 Å². The number of benzene rings is 1. The summed E-state index contributed by atoms with van der Waals surface area (Å²) in [5.74, 6) is 1.50. The second-order valence-electron chi connectivity index (χ2n) is 4.15. The van der Waals surface area contributed by atoms with Crippen LogP contribution in [0.25, 0.3) is 0 Å². The maximum Gasteiger partial charge on any atom is 0.343 e. The summed E-state index contributed by atoms with van der Waals surface area (Å²) in [5, 5.41) is 9.16. The Hall–Kier alpha value is -2.32. The molecule has 0 bridgehead atoms. The number of halogens is 1. The summed E-state index contributed by atoms with van der Waals surface area (Å²) in [7, 11) is 3.41. The molecule has 0 amide bonds. The molecule has 0 fully saturated rings. The Bertz CT molecular complexity index is 696. The number of nitrogens with zero attached hydrogens (tertiary/aromatic N) is 3. The van der Waals surface area contributed by atoms with Gasteiger partial charge in [0.1, 0.15) is 11.3 Å². The summed E-state index contributed by atoms with van der Waals surface area (Å²) in [4.78, 5) is 4.20. The quantitative estimate of drug-likeness (QED) is 0.815. The Labute approximate surface area is 122 Å². The Morgan fingerprint density at radius 2 is 2.15 bits per heavy atom. The van der Waals surface area contributed by atoms with E-state index in [1.165, 1.54) is 0 Å². The molecular formula is C14H13ClN3O2+. The zero-order chi connectivity index (χ0) is 14.7. The number of methoxy groups -OCH3 is 1. The zero-order valence-corrected chi connectivity index (χ0v) is 12.1. The van der Waals surface area contributed by atoms with E-state index in [9.17, 15) is 0 Å². The fourth-order valence-electron chi connectivity index (χ4n) is 1.80. The van der Waals surface area contributed by atoms with Crippen LogP contribution < -0.4 is 14.0 Å². The van der Waals surface area contributed by atoms with Gasteiger partial charge < -0.3 is 9.47 Å². The molecule has 6 heteroatoms. The van der Waals surface area contributed by atoms with Crippen LogP contribution in [0.4, 0.5) is 0 Å². The fraction of sp³-hybridized carbons (Fsp3) is 0.214. The Morgan fingerprint density at radius 1 is 1.40 bits per heavy atom. The standard InChI is InChI=1S/C14H13ClN3O2/c1-9-13(17-8-18(2)14(9)19-3)20-12-5-4-10(7-16)6-11(12)15/h4-6,8H,1-3H3/q+1. The smallest absolute Gasteiger partial charge is 0.343 e. The van der Waals surface area contributed by atoms with Crippen molar-refractivity contribution < 1.29 is 14.0 Å². The lowest BCUT2D eigenvalue weighted by atomic mass is 10.2. The summed E-state index contributed by atoms with van der Waals surface area (Å²) < 4.78 is 12.7. The first kappa shape index (κ1) is 14.1. The maximum absolute atomic E-state index is 8.80. The van der Waals surface area contributed by atoms with Gasteiger partial charge in [-0.05, 0) is 30.1 Å². The van der Waals surface area contributed by atoms with Crippen molar-refractivity contribution in [2.24, 2.45) is 7.05 Å². The van der Waals surface area contributed by atoms with Crippen LogP contribution in [0, 0.1) is 18.3 Å². The molecule has 5 nitrogen and oxygen atoms in total. The molecule has 1 heterocycles. The third kappa shape index (κ3) is 2.65. The monoisotopic (exact) mass is 290 g/mol. The van der Waals surface area contributed by atoms with Crippen LogP contribution in [0.1, 0.15) is 11.1 Å². The normalized spacial score (nSPS) is 9.95. The van der Waals surface area contributed by atoms with Gasteiger partial charge >= 0.3 is 5.88 Å². The molecule has 0 saturated carbocycles. The van der Waals surface area contributed by atoms with Gasteiger partial charge in [0, 0.05) is 0 Å². The molecule has 0 radical (unpaired) electrons. The average molecular weight is 291 g/mol. The molecule has 1 aromatic heterocycles. The topological polar surface area (TPSA) is 59.0 Å². The second-order valence-corrected chi connectivity index (χ2v) is 4.56. The van der Waals surface area contributed by atoms with E-state index in [4.69, 9.17) is 26.3 Å². The lowest BCUT2D eigenvalue weighted by Gasteiger charge is -2.08. The van der Waals surface area contributed by atoms with E-state index in [1.807, 2.05) is 20.0 Å². The summed E-state index contributed by atoms with van der Waals surface area (Å²) in [6.07, 6.45) is 1.60. The van der Waals surface area contributed by atoms with Crippen LogP contribution in [0.15, 0.2) is 24.5 Å². The van der Waals surface area contributed by atoms with Crippen molar-refractivity contribution >= 4 is 11.6 Å². The van der Waals surface area contributed by atoms with Crippen LogP contribution in [0.5, 0.6) is 17.5 Å². The van der Waals surface area contributed by atoms with Gasteiger partial charge in [-0.15, -0.1) is 0 Å². The molecule has 0 aliphatic heterocycles. The van der Waals surface area contributed by atoms with Gasteiger partial charge in [-0.1, -0.05) is 11.6 Å². The molecule has 0 spiro atoms. The number of nitriles is 1. The van der Waals surface area contributed by atoms with Crippen LogP contribution in [-0.4, -0.2) is 12.1 Å². The molecular weight excluding hydrogens is 278 g/mol. The van der Waals surface area contributed by atoms with Gasteiger partial charge in [0.2, 0.25) is 0 Å². The van der Waals surface area contributed by atoms with Crippen molar-refractivity contribution in [2.45, 2.75) is 6.92 Å². The van der Waals surface area contributed by atoms with E-state index in [-0.39, 0.29) is 0 Å². The molecule has 2 aromatic rings. The predicted octanol–water partition coefficient (Wildman–Crippen LogP) is 2.54. The minimum Gasteiger partial charge on any atom is -0.465 e. The van der Waals surface area contributed by atoms with Crippen molar-refractivity contribution in [1.82, 2.24) is 4.98 Å². The van der Waals surface area contributed by atoms with E-state index < -0.39 is 0 Å². The maximum atomic E-state index is 8.80. The van der Waals surface area contributed by atoms with Crippen LogP contribution in [0.2, 0.25) is 5.02 Å². The summed E-state index contributed by atoms with van der Waals surface area (Å²) in [6, 6.07) is 6.84. The summed E-state index contributed by atoms with van der Waals surface area (Å²) >= 11 is 6.07. The minimum absolute atomic E-state index is 0.359. The molecule has 102 valence electrons. The molecule has 0 atom stereocenters. The van der Waals surface area contributed by atoms with E-state index in [2.05, 4.69) is 4.98 Å². The van der Waals surface area contributed by atoms with Crippen LogP contribution in [0.3, 0.4) is 0 Å². The molecule has 0 aliphatic carbocycles. The Balaban J connectivity index is 2.38. The van der Waals surface area contributed by atoms with E-state index in [0.717, 1.165) is 5.56 Å². The first-order valence-electron chi connectivity index (χ1n) is 5.83. The largest absolute Gasteiger partial charge is 0.465 e. The first-order valence-corrected chi connectivity index (χ1v) is 6.21. The van der Waals surface area contributed by atoms with Crippen molar-refractivity contribution in [2.75, 3.05) is 7.11 Å². The number of aromatic nitrogens is 2. The van der Waals surface area contributed by atoms with E-state index >= 15 is 0 Å².